The minimum Gasteiger partial charge on any atom is -0.480 e. The maximum atomic E-state index is 12.4. The highest BCUT2D eigenvalue weighted by Crippen LogP contribution is 2.25. The molecular weight excluding hydrogens is 244 g/mol. The molecule has 5 heteroatoms. The number of carbonyl (C=O) groups is 2. The predicted octanol–water partition coefficient (Wildman–Crippen LogP) is 0.805. The van der Waals surface area contributed by atoms with Gasteiger partial charge in [-0.15, -0.1) is 0 Å². The van der Waals surface area contributed by atoms with Crippen LogP contribution in [0, 0.1) is 0 Å². The highest BCUT2D eigenvalue weighted by Gasteiger charge is 2.31. The molecule has 19 heavy (non-hydrogen) atoms. The average molecular weight is 262 g/mol. The second kappa shape index (κ2) is 5.40. The summed E-state index contributed by atoms with van der Waals surface area (Å²) in [6.45, 7) is 2.81. The highest BCUT2D eigenvalue weighted by atomic mass is 16.4. The largest absolute Gasteiger partial charge is 0.480 e. The summed E-state index contributed by atoms with van der Waals surface area (Å²) in [5.41, 5.74) is 2.10. The molecule has 2 rings (SSSR count). The van der Waals surface area contributed by atoms with Crippen LogP contribution in [0.5, 0.6) is 0 Å². The zero-order valence-electron chi connectivity index (χ0n) is 11.1. The van der Waals surface area contributed by atoms with E-state index in [-0.39, 0.29) is 11.8 Å². The van der Waals surface area contributed by atoms with Crippen LogP contribution < -0.4 is 5.32 Å². The minimum absolute atomic E-state index is 0.158. The summed E-state index contributed by atoms with van der Waals surface area (Å²) in [4.78, 5) is 24.7. The van der Waals surface area contributed by atoms with Crippen molar-refractivity contribution in [3.8, 4) is 0 Å². The normalized spacial score (nSPS) is 19.4. The molecule has 2 atom stereocenters. The van der Waals surface area contributed by atoms with Crippen LogP contribution in [0.25, 0.3) is 0 Å². The van der Waals surface area contributed by atoms with Gasteiger partial charge in [0.05, 0.1) is 5.92 Å². The summed E-state index contributed by atoms with van der Waals surface area (Å²) in [7, 11) is 1.54. The Morgan fingerprint density at radius 3 is 2.79 bits per heavy atom. The average Bonchev–Trinajstić information content (AvgIpc) is 2.44. The number of carboxylic acids is 1. The summed E-state index contributed by atoms with van der Waals surface area (Å²) in [5, 5.41) is 12.2. The van der Waals surface area contributed by atoms with Gasteiger partial charge in [-0.3, -0.25) is 4.79 Å². The fourth-order valence-corrected chi connectivity index (χ4v) is 2.32. The molecule has 1 heterocycles. The number of likely N-dealkylation sites (N-methyl/N-ethyl adjacent to an activating group) is 1. The van der Waals surface area contributed by atoms with E-state index in [9.17, 15) is 9.59 Å². The monoisotopic (exact) mass is 262 g/mol. The van der Waals surface area contributed by atoms with Crippen molar-refractivity contribution in [3.05, 3.63) is 35.4 Å². The third-order valence-electron chi connectivity index (χ3n) is 3.68. The molecule has 1 amide bonds. The number of fused-ring (bicyclic) bond motifs is 1. The highest BCUT2D eigenvalue weighted by molar-refractivity contribution is 5.88. The van der Waals surface area contributed by atoms with Gasteiger partial charge in [-0.1, -0.05) is 24.3 Å². The lowest BCUT2D eigenvalue weighted by atomic mass is 9.89. The SMILES string of the molecule is CC(C(=O)O)N(C)C(=O)C1CNCc2ccccc21. The van der Waals surface area contributed by atoms with E-state index in [1.54, 1.807) is 7.05 Å². The smallest absolute Gasteiger partial charge is 0.326 e. The van der Waals surface area contributed by atoms with Crippen molar-refractivity contribution >= 4 is 11.9 Å². The molecule has 0 aliphatic carbocycles. The van der Waals surface area contributed by atoms with Crippen LogP contribution in [0.2, 0.25) is 0 Å². The number of hydrogen-bond acceptors (Lipinski definition) is 3. The third-order valence-corrected chi connectivity index (χ3v) is 3.68. The van der Waals surface area contributed by atoms with Crippen molar-refractivity contribution in [1.29, 1.82) is 0 Å². The number of nitrogens with zero attached hydrogens (tertiary/aromatic N) is 1. The van der Waals surface area contributed by atoms with Gasteiger partial charge in [0.25, 0.3) is 0 Å². The van der Waals surface area contributed by atoms with Crippen LogP contribution in [-0.4, -0.2) is 41.5 Å². The lowest BCUT2D eigenvalue weighted by Crippen LogP contribution is -2.46. The molecule has 0 spiro atoms. The van der Waals surface area contributed by atoms with Gasteiger partial charge in [-0.2, -0.15) is 0 Å². The molecule has 0 saturated heterocycles. The molecule has 2 unspecified atom stereocenters. The molecule has 1 aliphatic heterocycles. The molecule has 0 bridgehead atoms. The number of amides is 1. The molecular formula is C14H18N2O3. The second-order valence-corrected chi connectivity index (χ2v) is 4.85. The predicted molar refractivity (Wildman–Crippen MR) is 70.8 cm³/mol. The van der Waals surface area contributed by atoms with E-state index >= 15 is 0 Å². The molecule has 0 saturated carbocycles. The third kappa shape index (κ3) is 2.61. The van der Waals surface area contributed by atoms with Gasteiger partial charge in [-0.05, 0) is 18.1 Å². The molecule has 5 nitrogen and oxygen atoms in total. The van der Waals surface area contributed by atoms with Crippen LogP contribution in [0.4, 0.5) is 0 Å². The van der Waals surface area contributed by atoms with Crippen molar-refractivity contribution in [2.75, 3.05) is 13.6 Å². The maximum absolute atomic E-state index is 12.4. The fourth-order valence-electron chi connectivity index (χ4n) is 2.32. The van der Waals surface area contributed by atoms with Crippen molar-refractivity contribution < 1.29 is 14.7 Å². The van der Waals surface area contributed by atoms with Gasteiger partial charge >= 0.3 is 5.97 Å². The lowest BCUT2D eigenvalue weighted by molar-refractivity contribution is -0.148. The molecule has 102 valence electrons. The van der Waals surface area contributed by atoms with Gasteiger partial charge in [0.2, 0.25) is 5.91 Å². The first kappa shape index (κ1) is 13.5. The molecule has 1 aromatic carbocycles. The minimum atomic E-state index is -0.993. The summed E-state index contributed by atoms with van der Waals surface area (Å²) < 4.78 is 0. The standard InChI is InChI=1S/C14H18N2O3/c1-9(14(18)19)16(2)13(17)12-8-15-7-10-5-3-4-6-11(10)12/h3-6,9,12,15H,7-8H2,1-2H3,(H,18,19). The first-order chi connectivity index (χ1) is 9.02. The van der Waals surface area contributed by atoms with Crippen LogP contribution in [0.1, 0.15) is 24.0 Å². The number of aliphatic carboxylic acids is 1. The molecule has 0 radical (unpaired) electrons. The fraction of sp³-hybridized carbons (Fsp3) is 0.429. The first-order valence-corrected chi connectivity index (χ1v) is 6.30. The molecule has 0 fully saturated rings. The quantitative estimate of drug-likeness (QED) is 0.845. The summed E-state index contributed by atoms with van der Waals surface area (Å²) in [6, 6.07) is 6.96. The van der Waals surface area contributed by atoms with Crippen LogP contribution in [-0.2, 0) is 16.1 Å². The topological polar surface area (TPSA) is 69.6 Å². The Bertz CT molecular complexity index is 501. The summed E-state index contributed by atoms with van der Waals surface area (Å²) in [6.07, 6.45) is 0. The van der Waals surface area contributed by atoms with E-state index in [4.69, 9.17) is 5.11 Å². The van der Waals surface area contributed by atoms with Gasteiger partial charge in [0.1, 0.15) is 6.04 Å². The molecule has 1 aromatic rings. The van der Waals surface area contributed by atoms with Crippen LogP contribution >= 0.6 is 0 Å². The van der Waals surface area contributed by atoms with Gasteiger partial charge < -0.3 is 15.3 Å². The number of carbonyl (C=O) groups excluding carboxylic acids is 1. The Hall–Kier alpha value is -1.88. The van der Waals surface area contributed by atoms with E-state index in [1.807, 2.05) is 24.3 Å². The van der Waals surface area contributed by atoms with Gasteiger partial charge in [-0.25, -0.2) is 4.79 Å². The Morgan fingerprint density at radius 1 is 1.42 bits per heavy atom. The first-order valence-electron chi connectivity index (χ1n) is 6.30. The van der Waals surface area contributed by atoms with Crippen LogP contribution in [0.15, 0.2) is 24.3 Å². The number of nitrogens with one attached hydrogen (secondary N) is 1. The van der Waals surface area contributed by atoms with E-state index in [0.717, 1.165) is 17.7 Å². The van der Waals surface area contributed by atoms with Crippen molar-refractivity contribution in [1.82, 2.24) is 10.2 Å². The number of carboxylic acid groups (broad SMARTS) is 1. The lowest BCUT2D eigenvalue weighted by Gasteiger charge is -2.30. The van der Waals surface area contributed by atoms with Gasteiger partial charge in [0.15, 0.2) is 0 Å². The van der Waals surface area contributed by atoms with E-state index in [1.165, 1.54) is 11.8 Å². The van der Waals surface area contributed by atoms with E-state index in [0.29, 0.717) is 6.54 Å². The summed E-state index contributed by atoms with van der Waals surface area (Å²) in [5.74, 6) is -1.46. The zero-order valence-corrected chi connectivity index (χ0v) is 11.1. The number of benzene rings is 1. The Balaban J connectivity index is 2.24. The van der Waals surface area contributed by atoms with Crippen molar-refractivity contribution in [2.45, 2.75) is 25.4 Å². The van der Waals surface area contributed by atoms with Crippen LogP contribution in [0.3, 0.4) is 0 Å². The second-order valence-electron chi connectivity index (χ2n) is 4.85. The Labute approximate surface area is 112 Å². The van der Waals surface area contributed by atoms with Crippen molar-refractivity contribution in [3.63, 3.8) is 0 Å². The maximum Gasteiger partial charge on any atom is 0.326 e. The number of hydrogen-bond donors (Lipinski definition) is 2. The summed E-state index contributed by atoms with van der Waals surface area (Å²) >= 11 is 0. The van der Waals surface area contributed by atoms with Gasteiger partial charge in [0, 0.05) is 20.1 Å². The van der Waals surface area contributed by atoms with E-state index < -0.39 is 12.0 Å². The molecule has 2 N–H and O–H groups in total. The molecule has 0 aromatic heterocycles. The number of rotatable bonds is 3. The Kier molecular flexibility index (Phi) is 3.85. The Morgan fingerprint density at radius 2 is 2.11 bits per heavy atom. The van der Waals surface area contributed by atoms with E-state index in [2.05, 4.69) is 5.32 Å². The van der Waals surface area contributed by atoms with Crippen molar-refractivity contribution in [2.24, 2.45) is 0 Å². The zero-order chi connectivity index (χ0) is 14.0. The molecule has 1 aliphatic rings.